The molecule has 2 heterocycles. The number of imidazole rings is 1. The van der Waals surface area contributed by atoms with Crippen LogP contribution in [0.5, 0.6) is 11.5 Å². The molecular weight excluding hydrogens is 694 g/mol. The maximum absolute atomic E-state index is 14.0. The van der Waals surface area contributed by atoms with Crippen LogP contribution in [0.25, 0.3) is 0 Å². The van der Waals surface area contributed by atoms with Gasteiger partial charge < -0.3 is 45.8 Å². The first-order valence-electron chi connectivity index (χ1n) is 17.6. The van der Waals surface area contributed by atoms with Gasteiger partial charge in [-0.3, -0.25) is 19.2 Å². The number of rotatable bonds is 17. The van der Waals surface area contributed by atoms with Crippen molar-refractivity contribution < 1.29 is 38.2 Å². The summed E-state index contributed by atoms with van der Waals surface area (Å²) in [5, 5.41) is 8.38. The number of amides is 5. The maximum Gasteiger partial charge on any atom is 0.408 e. The molecule has 1 aromatic heterocycles. The number of carbonyl (C=O) groups excluding carboxylic acids is 5. The summed E-state index contributed by atoms with van der Waals surface area (Å²) in [5.41, 5.74) is 8.44. The van der Waals surface area contributed by atoms with Crippen LogP contribution in [0.2, 0.25) is 0 Å². The van der Waals surface area contributed by atoms with E-state index in [1.165, 1.54) is 17.4 Å². The molecule has 0 radical (unpaired) electrons. The summed E-state index contributed by atoms with van der Waals surface area (Å²) in [6, 6.07) is 19.7. The van der Waals surface area contributed by atoms with E-state index in [1.807, 2.05) is 30.3 Å². The molecule has 0 spiro atoms. The van der Waals surface area contributed by atoms with Crippen LogP contribution in [0.3, 0.4) is 0 Å². The summed E-state index contributed by atoms with van der Waals surface area (Å²) in [5.74, 6) is -0.982. The monoisotopic (exact) mass is 739 g/mol. The minimum atomic E-state index is -1.29. The van der Waals surface area contributed by atoms with Crippen molar-refractivity contribution in [2.24, 2.45) is 5.73 Å². The standard InChI is InChI=1S/C39H45N7O8/c1-52-29-14-10-26(11-15-29)35(27-12-16-30(53-2)17-13-27)45-34(47)19-18-31(44-39(51)54-23-25-7-4-3-5-8-25)37(49)43-32(21-28-22-41-24-42-28)38(50)46-20-6-9-33(46)36(40)48/h3-5,7-8,10-17,22,24,31-33,35H,6,9,18-21,23H2,1-2H3,(H2,40,48)(H,41,42)(H,43,49)(H,44,51)(H,45,47)/t31-,32-,33-/m0/s1. The number of likely N-dealkylation sites (tertiary alicyclic amines) is 1. The van der Waals surface area contributed by atoms with Gasteiger partial charge in [0.2, 0.25) is 23.6 Å². The van der Waals surface area contributed by atoms with Gasteiger partial charge in [-0.05, 0) is 60.2 Å². The van der Waals surface area contributed by atoms with Crippen molar-refractivity contribution in [1.82, 2.24) is 30.8 Å². The van der Waals surface area contributed by atoms with E-state index in [0.717, 1.165) is 16.7 Å². The van der Waals surface area contributed by atoms with Crippen LogP contribution in [0.15, 0.2) is 91.4 Å². The second-order valence-electron chi connectivity index (χ2n) is 12.8. The van der Waals surface area contributed by atoms with Crippen molar-refractivity contribution in [2.45, 2.75) is 62.9 Å². The van der Waals surface area contributed by atoms with Crippen LogP contribution in [0.4, 0.5) is 4.79 Å². The third kappa shape index (κ3) is 10.6. The Bertz CT molecular complexity index is 1810. The smallest absolute Gasteiger partial charge is 0.408 e. The molecule has 1 saturated heterocycles. The zero-order chi connectivity index (χ0) is 38.5. The first-order valence-corrected chi connectivity index (χ1v) is 17.6. The third-order valence-corrected chi connectivity index (χ3v) is 9.14. The summed E-state index contributed by atoms with van der Waals surface area (Å²) in [4.78, 5) is 75.0. The Labute approximate surface area is 312 Å². The fraction of sp³-hybridized carbons (Fsp3) is 0.333. The van der Waals surface area contributed by atoms with Crippen molar-refractivity contribution in [3.63, 3.8) is 0 Å². The lowest BCUT2D eigenvalue weighted by atomic mass is 9.98. The number of methoxy groups -OCH3 is 2. The molecule has 15 nitrogen and oxygen atoms in total. The Morgan fingerprint density at radius 3 is 2.09 bits per heavy atom. The number of aromatic amines is 1. The van der Waals surface area contributed by atoms with E-state index in [-0.39, 0.29) is 25.9 Å². The molecule has 4 aromatic rings. The predicted octanol–water partition coefficient (Wildman–Crippen LogP) is 2.91. The van der Waals surface area contributed by atoms with Gasteiger partial charge in [-0.1, -0.05) is 54.6 Å². The number of H-pyrrole nitrogens is 1. The van der Waals surface area contributed by atoms with Crippen molar-refractivity contribution in [3.05, 3.63) is 114 Å². The van der Waals surface area contributed by atoms with E-state index in [2.05, 4.69) is 25.9 Å². The number of alkyl carbamates (subject to hydrolysis) is 1. The molecule has 6 N–H and O–H groups in total. The van der Waals surface area contributed by atoms with Crippen molar-refractivity contribution in [2.75, 3.05) is 20.8 Å². The molecule has 1 aliphatic rings. The molecule has 3 atom stereocenters. The van der Waals surface area contributed by atoms with Crippen molar-refractivity contribution >= 4 is 29.7 Å². The SMILES string of the molecule is COc1ccc(C(NC(=O)CC[C@H](NC(=O)OCc2ccccc2)C(=O)N[C@@H](Cc2cnc[nH]2)C(=O)N2CCC[C@H]2C(N)=O)c2ccc(OC)cc2)cc1. The molecule has 54 heavy (non-hydrogen) atoms. The number of ether oxygens (including phenoxy) is 3. The van der Waals surface area contributed by atoms with Gasteiger partial charge in [0.1, 0.15) is 36.2 Å². The highest BCUT2D eigenvalue weighted by Crippen LogP contribution is 2.26. The van der Waals surface area contributed by atoms with E-state index in [1.54, 1.807) is 62.8 Å². The number of aromatic nitrogens is 2. The number of hydrogen-bond acceptors (Lipinski definition) is 9. The highest BCUT2D eigenvalue weighted by molar-refractivity contribution is 5.94. The lowest BCUT2D eigenvalue weighted by Gasteiger charge is -2.29. The van der Waals surface area contributed by atoms with E-state index >= 15 is 0 Å². The number of hydrogen-bond donors (Lipinski definition) is 5. The molecule has 5 rings (SSSR count). The minimum Gasteiger partial charge on any atom is -0.497 e. The number of primary amides is 1. The van der Waals surface area contributed by atoms with Crippen LogP contribution >= 0.6 is 0 Å². The van der Waals surface area contributed by atoms with Gasteiger partial charge in [0.05, 0.1) is 26.6 Å². The van der Waals surface area contributed by atoms with Crippen LogP contribution in [-0.2, 0) is 36.9 Å². The predicted molar refractivity (Wildman–Crippen MR) is 197 cm³/mol. The number of benzene rings is 3. The number of nitrogens with two attached hydrogens (primary N) is 1. The van der Waals surface area contributed by atoms with Crippen LogP contribution in [0, 0.1) is 0 Å². The lowest BCUT2D eigenvalue weighted by Crippen LogP contribution is -2.57. The molecule has 0 saturated carbocycles. The molecule has 1 aliphatic heterocycles. The zero-order valence-corrected chi connectivity index (χ0v) is 30.2. The summed E-state index contributed by atoms with van der Waals surface area (Å²) in [6.07, 6.45) is 2.74. The summed E-state index contributed by atoms with van der Waals surface area (Å²) in [7, 11) is 3.13. The first kappa shape index (κ1) is 38.8. The molecule has 0 aliphatic carbocycles. The average Bonchev–Trinajstić information content (AvgIpc) is 3.91. The van der Waals surface area contributed by atoms with Crippen LogP contribution in [-0.4, -0.2) is 83.5 Å². The lowest BCUT2D eigenvalue weighted by molar-refractivity contribution is -0.140. The normalized spacial score (nSPS) is 14.8. The van der Waals surface area contributed by atoms with Gasteiger partial charge in [0, 0.05) is 31.3 Å². The van der Waals surface area contributed by atoms with Crippen LogP contribution < -0.4 is 31.2 Å². The molecule has 1 fully saturated rings. The maximum atomic E-state index is 14.0. The van der Waals surface area contributed by atoms with Gasteiger partial charge in [0.25, 0.3) is 0 Å². The number of carbonyl (C=O) groups is 5. The largest absolute Gasteiger partial charge is 0.497 e. The topological polar surface area (TPSA) is 207 Å². The van der Waals surface area contributed by atoms with E-state index in [0.29, 0.717) is 36.6 Å². The van der Waals surface area contributed by atoms with Gasteiger partial charge in [-0.25, -0.2) is 9.78 Å². The zero-order valence-electron chi connectivity index (χ0n) is 30.2. The van der Waals surface area contributed by atoms with Gasteiger partial charge >= 0.3 is 6.09 Å². The Kier molecular flexibility index (Phi) is 13.6. The van der Waals surface area contributed by atoms with E-state index in [4.69, 9.17) is 19.9 Å². The molecule has 0 bridgehead atoms. The highest BCUT2D eigenvalue weighted by atomic mass is 16.5. The molecule has 15 heteroatoms. The average molecular weight is 740 g/mol. The minimum absolute atomic E-state index is 0.0175. The molecule has 284 valence electrons. The van der Waals surface area contributed by atoms with E-state index in [9.17, 15) is 24.0 Å². The van der Waals surface area contributed by atoms with E-state index < -0.39 is 53.9 Å². The second-order valence-corrected chi connectivity index (χ2v) is 12.8. The fourth-order valence-electron chi connectivity index (χ4n) is 6.25. The molecule has 5 amide bonds. The molecular formula is C39H45N7O8. The van der Waals surface area contributed by atoms with Gasteiger partial charge in [-0.15, -0.1) is 0 Å². The Hall–Kier alpha value is -6.38. The highest BCUT2D eigenvalue weighted by Gasteiger charge is 2.38. The molecule has 0 unspecified atom stereocenters. The Morgan fingerprint density at radius 2 is 1.52 bits per heavy atom. The van der Waals surface area contributed by atoms with Gasteiger partial charge in [0.15, 0.2) is 0 Å². The summed E-state index contributed by atoms with van der Waals surface area (Å²) < 4.78 is 16.0. The first-order chi connectivity index (χ1) is 26.1. The summed E-state index contributed by atoms with van der Waals surface area (Å²) in [6.45, 7) is 0.232. The molecule has 3 aromatic carbocycles. The third-order valence-electron chi connectivity index (χ3n) is 9.14. The second kappa shape index (κ2) is 18.9. The quantitative estimate of drug-likeness (QED) is 0.108. The van der Waals surface area contributed by atoms with Crippen molar-refractivity contribution in [3.8, 4) is 11.5 Å². The van der Waals surface area contributed by atoms with Crippen LogP contribution in [0.1, 0.15) is 54.1 Å². The van der Waals surface area contributed by atoms with Gasteiger partial charge in [-0.2, -0.15) is 0 Å². The Morgan fingerprint density at radius 1 is 0.870 bits per heavy atom. The summed E-state index contributed by atoms with van der Waals surface area (Å²) >= 11 is 0. The van der Waals surface area contributed by atoms with Crippen molar-refractivity contribution in [1.29, 1.82) is 0 Å². The number of nitrogens with zero attached hydrogens (tertiary/aromatic N) is 2. The number of nitrogens with one attached hydrogen (secondary N) is 4. The fourth-order valence-corrected chi connectivity index (χ4v) is 6.25. The Balaban J connectivity index is 1.34.